The van der Waals surface area contributed by atoms with Gasteiger partial charge in [-0.2, -0.15) is 0 Å². The SMILES string of the molecule is CC(C)(CCCOc1ccc(OCCn2c(=O)sc3cc(C(=O)c4ccccc4)ccc32)cc1)C(=O)[O-]. The number of ether oxygens (including phenoxy) is 2. The number of rotatable bonds is 12. The molecule has 0 amide bonds. The molecule has 0 radical (unpaired) electrons. The summed E-state index contributed by atoms with van der Waals surface area (Å²) < 4.78 is 13.9. The van der Waals surface area contributed by atoms with Gasteiger partial charge in [0.25, 0.3) is 0 Å². The number of fused-ring (bicyclic) bond motifs is 1. The molecule has 0 aliphatic rings. The summed E-state index contributed by atoms with van der Waals surface area (Å²) in [7, 11) is 0. The Labute approximate surface area is 218 Å². The largest absolute Gasteiger partial charge is 0.550 e. The Morgan fingerprint density at radius 1 is 0.892 bits per heavy atom. The topological polar surface area (TPSA) is 97.7 Å². The fourth-order valence-corrected chi connectivity index (χ4v) is 4.83. The Morgan fingerprint density at radius 3 is 2.19 bits per heavy atom. The van der Waals surface area contributed by atoms with Crippen molar-refractivity contribution in [1.82, 2.24) is 4.57 Å². The lowest BCUT2D eigenvalue weighted by molar-refractivity contribution is -0.317. The summed E-state index contributed by atoms with van der Waals surface area (Å²) in [6, 6.07) is 21.5. The van der Waals surface area contributed by atoms with E-state index in [9.17, 15) is 19.5 Å². The van der Waals surface area contributed by atoms with Crippen LogP contribution in [-0.4, -0.2) is 29.5 Å². The monoisotopic (exact) mass is 518 g/mol. The van der Waals surface area contributed by atoms with Crippen molar-refractivity contribution >= 4 is 33.3 Å². The van der Waals surface area contributed by atoms with Gasteiger partial charge in [0, 0.05) is 22.5 Å². The van der Waals surface area contributed by atoms with Crippen LogP contribution in [0.3, 0.4) is 0 Å². The fraction of sp³-hybridized carbons (Fsp3) is 0.276. The van der Waals surface area contributed by atoms with E-state index in [-0.39, 0.29) is 10.7 Å². The van der Waals surface area contributed by atoms with E-state index in [0.717, 1.165) is 21.6 Å². The molecular weight excluding hydrogens is 490 g/mol. The minimum Gasteiger partial charge on any atom is -0.550 e. The Balaban J connectivity index is 1.30. The highest BCUT2D eigenvalue weighted by atomic mass is 32.1. The molecule has 0 saturated heterocycles. The van der Waals surface area contributed by atoms with Crippen molar-refractivity contribution in [2.24, 2.45) is 5.41 Å². The van der Waals surface area contributed by atoms with Crippen LogP contribution in [0.2, 0.25) is 0 Å². The summed E-state index contributed by atoms with van der Waals surface area (Å²) in [6.45, 7) is 4.37. The Morgan fingerprint density at radius 2 is 1.54 bits per heavy atom. The number of benzene rings is 3. The van der Waals surface area contributed by atoms with Crippen molar-refractivity contribution in [3.8, 4) is 11.5 Å². The summed E-state index contributed by atoms with van der Waals surface area (Å²) in [6.07, 6.45) is 1.07. The average Bonchev–Trinajstić information content (AvgIpc) is 3.21. The first-order valence-electron chi connectivity index (χ1n) is 12.0. The van der Waals surface area contributed by atoms with Crippen LogP contribution in [-0.2, 0) is 11.3 Å². The van der Waals surface area contributed by atoms with Gasteiger partial charge in [-0.05, 0) is 55.3 Å². The number of hydrogen-bond donors (Lipinski definition) is 0. The zero-order valence-corrected chi connectivity index (χ0v) is 21.6. The lowest BCUT2D eigenvalue weighted by atomic mass is 9.88. The van der Waals surface area contributed by atoms with Crippen LogP contribution in [0.5, 0.6) is 11.5 Å². The van der Waals surface area contributed by atoms with E-state index >= 15 is 0 Å². The lowest BCUT2D eigenvalue weighted by Gasteiger charge is -2.25. The number of carbonyl (C=O) groups is 2. The summed E-state index contributed by atoms with van der Waals surface area (Å²) in [5, 5.41) is 11.1. The van der Waals surface area contributed by atoms with Crippen LogP contribution in [0.25, 0.3) is 10.2 Å². The second-order valence-electron chi connectivity index (χ2n) is 9.34. The molecular formula is C29H28NO6S-. The molecule has 1 heterocycles. The summed E-state index contributed by atoms with van der Waals surface area (Å²) in [4.78, 5) is 36.3. The predicted octanol–water partition coefficient (Wildman–Crippen LogP) is 4.31. The number of aliphatic carboxylic acids is 1. The molecule has 37 heavy (non-hydrogen) atoms. The molecule has 0 atom stereocenters. The maximum absolute atomic E-state index is 12.7. The third-order valence-electron chi connectivity index (χ3n) is 6.14. The van der Waals surface area contributed by atoms with Gasteiger partial charge in [0.05, 0.1) is 23.4 Å². The average molecular weight is 519 g/mol. The van der Waals surface area contributed by atoms with Gasteiger partial charge in [-0.3, -0.25) is 14.2 Å². The molecule has 4 rings (SSSR count). The highest BCUT2D eigenvalue weighted by molar-refractivity contribution is 7.16. The number of carbonyl (C=O) groups excluding carboxylic acids is 2. The number of carboxylic acid groups (broad SMARTS) is 1. The zero-order chi connectivity index (χ0) is 26.4. The van der Waals surface area contributed by atoms with Gasteiger partial charge in [0.1, 0.15) is 18.1 Å². The van der Waals surface area contributed by atoms with Gasteiger partial charge in [0.15, 0.2) is 5.78 Å². The van der Waals surface area contributed by atoms with Crippen molar-refractivity contribution < 1.29 is 24.2 Å². The van der Waals surface area contributed by atoms with Gasteiger partial charge in [-0.25, -0.2) is 0 Å². The molecule has 192 valence electrons. The number of carboxylic acids is 1. The normalized spacial score (nSPS) is 11.4. The van der Waals surface area contributed by atoms with Crippen LogP contribution in [0, 0.1) is 5.41 Å². The molecule has 0 saturated carbocycles. The first-order chi connectivity index (χ1) is 17.7. The van der Waals surface area contributed by atoms with Crippen LogP contribution >= 0.6 is 11.3 Å². The minimum atomic E-state index is -1.06. The van der Waals surface area contributed by atoms with Gasteiger partial charge in [-0.1, -0.05) is 55.5 Å². The second kappa shape index (κ2) is 11.4. The molecule has 0 unspecified atom stereocenters. The van der Waals surface area contributed by atoms with E-state index in [1.807, 2.05) is 24.3 Å². The number of hydrogen-bond acceptors (Lipinski definition) is 7. The van der Waals surface area contributed by atoms with Crippen LogP contribution in [0.15, 0.2) is 77.6 Å². The minimum absolute atomic E-state index is 0.0768. The van der Waals surface area contributed by atoms with Crippen LogP contribution < -0.4 is 19.5 Å². The number of nitrogens with zero attached hydrogens (tertiary/aromatic N) is 1. The van der Waals surface area contributed by atoms with E-state index in [0.29, 0.717) is 55.2 Å². The summed E-state index contributed by atoms with van der Waals surface area (Å²) in [5.41, 5.74) is 1.05. The summed E-state index contributed by atoms with van der Waals surface area (Å²) in [5.74, 6) is 0.176. The smallest absolute Gasteiger partial charge is 0.308 e. The zero-order valence-electron chi connectivity index (χ0n) is 20.8. The summed E-state index contributed by atoms with van der Waals surface area (Å²) >= 11 is 1.11. The third-order valence-corrected chi connectivity index (χ3v) is 7.08. The van der Waals surface area contributed by atoms with Gasteiger partial charge < -0.3 is 19.4 Å². The Hall–Kier alpha value is -3.91. The first-order valence-corrected chi connectivity index (χ1v) is 12.9. The standard InChI is InChI=1S/C29H29NO6S/c1-29(2,27(32)33)15-6-17-35-22-10-12-23(13-11-22)36-18-16-30-24-14-9-21(19-25(24)37-28(30)34)26(31)20-7-4-3-5-8-20/h3-5,7-14,19H,6,15-18H2,1-2H3,(H,32,33)/p-1. The molecule has 7 nitrogen and oxygen atoms in total. The molecule has 1 aromatic heterocycles. The van der Waals surface area contributed by atoms with E-state index < -0.39 is 11.4 Å². The number of aromatic nitrogens is 1. The lowest BCUT2D eigenvalue weighted by Crippen LogP contribution is -2.38. The molecule has 0 aliphatic heterocycles. The van der Waals surface area contributed by atoms with E-state index in [1.54, 1.807) is 66.9 Å². The third kappa shape index (κ3) is 6.46. The van der Waals surface area contributed by atoms with Gasteiger partial charge in [0.2, 0.25) is 0 Å². The quantitative estimate of drug-likeness (QED) is 0.205. The maximum Gasteiger partial charge on any atom is 0.308 e. The van der Waals surface area contributed by atoms with Gasteiger partial charge in [-0.15, -0.1) is 0 Å². The Kier molecular flexibility index (Phi) is 8.08. The van der Waals surface area contributed by atoms with E-state index in [2.05, 4.69) is 0 Å². The number of ketones is 1. The molecule has 0 aliphatic carbocycles. The molecule has 0 bridgehead atoms. The fourth-order valence-electron chi connectivity index (χ4n) is 3.87. The van der Waals surface area contributed by atoms with Crippen molar-refractivity contribution in [3.63, 3.8) is 0 Å². The van der Waals surface area contributed by atoms with Crippen LogP contribution in [0.1, 0.15) is 42.6 Å². The number of thiazole rings is 1. The molecule has 8 heteroatoms. The molecule has 0 fully saturated rings. The maximum atomic E-state index is 12.7. The van der Waals surface area contributed by atoms with Crippen LogP contribution in [0.4, 0.5) is 0 Å². The molecule has 0 spiro atoms. The molecule has 0 N–H and O–H groups in total. The molecule has 3 aromatic carbocycles. The second-order valence-corrected chi connectivity index (χ2v) is 10.3. The van der Waals surface area contributed by atoms with Crippen molar-refractivity contribution in [3.05, 3.63) is 93.6 Å². The van der Waals surface area contributed by atoms with Crippen molar-refractivity contribution in [2.45, 2.75) is 33.2 Å². The van der Waals surface area contributed by atoms with Gasteiger partial charge >= 0.3 is 4.87 Å². The van der Waals surface area contributed by atoms with E-state index in [1.165, 1.54) is 0 Å². The predicted molar refractivity (Wildman–Crippen MR) is 141 cm³/mol. The Bertz CT molecular complexity index is 1440. The van der Waals surface area contributed by atoms with Crippen molar-refractivity contribution in [2.75, 3.05) is 13.2 Å². The molecule has 4 aromatic rings. The highest BCUT2D eigenvalue weighted by Crippen LogP contribution is 2.23. The van der Waals surface area contributed by atoms with Crippen molar-refractivity contribution in [1.29, 1.82) is 0 Å². The highest BCUT2D eigenvalue weighted by Gasteiger charge is 2.18. The first kappa shape index (κ1) is 26.2. The van der Waals surface area contributed by atoms with E-state index in [4.69, 9.17) is 9.47 Å².